The van der Waals surface area contributed by atoms with Gasteiger partial charge >= 0.3 is 0 Å². The van der Waals surface area contributed by atoms with Crippen molar-refractivity contribution >= 4 is 17.2 Å². The maximum Gasteiger partial charge on any atom is 0.236 e. The maximum atomic E-state index is 11.8. The van der Waals surface area contributed by atoms with Gasteiger partial charge < -0.3 is 4.90 Å². The molecule has 2 heterocycles. The summed E-state index contributed by atoms with van der Waals surface area (Å²) in [4.78, 5) is 18.2. The van der Waals surface area contributed by atoms with E-state index in [1.54, 1.807) is 11.3 Å². The van der Waals surface area contributed by atoms with Crippen LogP contribution in [0.1, 0.15) is 36.5 Å². The predicted molar refractivity (Wildman–Crippen MR) is 69.1 cm³/mol. The highest BCUT2D eigenvalue weighted by Gasteiger charge is 2.18. The monoisotopic (exact) mass is 253 g/mol. The summed E-state index contributed by atoms with van der Waals surface area (Å²) >= 11 is 1.64. The van der Waals surface area contributed by atoms with Gasteiger partial charge in [-0.3, -0.25) is 10.1 Å². The lowest BCUT2D eigenvalue weighted by molar-refractivity contribution is -0.129. The summed E-state index contributed by atoms with van der Waals surface area (Å²) in [6.07, 6.45) is 2.29. The van der Waals surface area contributed by atoms with Crippen molar-refractivity contribution < 1.29 is 4.79 Å². The number of nitrogens with one attached hydrogen (secondary N) is 1. The Labute approximate surface area is 106 Å². The van der Waals surface area contributed by atoms with Crippen molar-refractivity contribution in [3.05, 3.63) is 16.1 Å². The highest BCUT2D eigenvalue weighted by molar-refractivity contribution is 7.09. The third-order valence-electron chi connectivity index (χ3n) is 3.03. The molecular formula is C12H19N3OS. The van der Waals surface area contributed by atoms with Crippen molar-refractivity contribution in [2.75, 3.05) is 19.6 Å². The molecule has 1 aliphatic heterocycles. The summed E-state index contributed by atoms with van der Waals surface area (Å²) in [7, 11) is 0. The molecule has 1 aromatic rings. The number of rotatable bonds is 4. The lowest BCUT2D eigenvalue weighted by atomic mass is 10.3. The molecule has 1 N–H and O–H groups in total. The molecule has 17 heavy (non-hydrogen) atoms. The van der Waals surface area contributed by atoms with Gasteiger partial charge in [0, 0.05) is 24.2 Å². The molecule has 1 unspecified atom stereocenters. The van der Waals surface area contributed by atoms with Crippen molar-refractivity contribution in [2.24, 2.45) is 0 Å². The SMILES string of the molecule is Cc1csc(C(C)NCC(=O)N2CCCC2)n1. The predicted octanol–water partition coefficient (Wildman–Crippen LogP) is 1.72. The normalized spacial score (nSPS) is 17.4. The van der Waals surface area contributed by atoms with E-state index in [4.69, 9.17) is 0 Å². The van der Waals surface area contributed by atoms with Crippen molar-refractivity contribution in [1.82, 2.24) is 15.2 Å². The molecule has 1 saturated heterocycles. The molecule has 1 atom stereocenters. The topological polar surface area (TPSA) is 45.2 Å². The Bertz CT molecular complexity index is 385. The minimum Gasteiger partial charge on any atom is -0.342 e. The third-order valence-corrected chi connectivity index (χ3v) is 4.17. The molecule has 0 aliphatic carbocycles. The van der Waals surface area contributed by atoms with Crippen LogP contribution in [0.15, 0.2) is 5.38 Å². The minimum absolute atomic E-state index is 0.153. The first-order valence-corrected chi connectivity index (χ1v) is 6.98. The third kappa shape index (κ3) is 3.26. The van der Waals surface area contributed by atoms with E-state index in [0.29, 0.717) is 6.54 Å². The van der Waals surface area contributed by atoms with Gasteiger partial charge in [0.1, 0.15) is 5.01 Å². The van der Waals surface area contributed by atoms with E-state index in [1.165, 1.54) is 0 Å². The van der Waals surface area contributed by atoms with E-state index in [9.17, 15) is 4.79 Å². The first-order valence-electron chi connectivity index (χ1n) is 6.10. The number of hydrogen-bond acceptors (Lipinski definition) is 4. The second-order valence-electron chi connectivity index (χ2n) is 4.52. The van der Waals surface area contributed by atoms with Gasteiger partial charge in [0.15, 0.2) is 0 Å². The minimum atomic E-state index is 0.153. The van der Waals surface area contributed by atoms with E-state index < -0.39 is 0 Å². The molecular weight excluding hydrogens is 234 g/mol. The van der Waals surface area contributed by atoms with Crippen molar-refractivity contribution in [2.45, 2.75) is 32.7 Å². The molecule has 1 aromatic heterocycles. The van der Waals surface area contributed by atoms with Gasteiger partial charge in [-0.25, -0.2) is 4.98 Å². The zero-order valence-corrected chi connectivity index (χ0v) is 11.2. The second-order valence-corrected chi connectivity index (χ2v) is 5.41. The van der Waals surface area contributed by atoms with Crippen LogP contribution in [-0.2, 0) is 4.79 Å². The van der Waals surface area contributed by atoms with Crippen molar-refractivity contribution in [3.8, 4) is 0 Å². The van der Waals surface area contributed by atoms with E-state index in [2.05, 4.69) is 17.2 Å². The van der Waals surface area contributed by atoms with Crippen LogP contribution in [0.25, 0.3) is 0 Å². The van der Waals surface area contributed by atoms with Crippen LogP contribution in [0, 0.1) is 6.92 Å². The summed E-state index contributed by atoms with van der Waals surface area (Å²) in [6, 6.07) is 0.153. The highest BCUT2D eigenvalue weighted by Crippen LogP contribution is 2.17. The molecule has 0 saturated carbocycles. The van der Waals surface area contributed by atoms with Gasteiger partial charge in [-0.2, -0.15) is 0 Å². The van der Waals surface area contributed by atoms with Crippen molar-refractivity contribution in [1.29, 1.82) is 0 Å². The van der Waals surface area contributed by atoms with Crippen LogP contribution >= 0.6 is 11.3 Å². The van der Waals surface area contributed by atoms with Gasteiger partial charge in [0.2, 0.25) is 5.91 Å². The van der Waals surface area contributed by atoms with Crippen LogP contribution in [0.4, 0.5) is 0 Å². The Hall–Kier alpha value is -0.940. The number of thiazole rings is 1. The number of carbonyl (C=O) groups excluding carboxylic acids is 1. The summed E-state index contributed by atoms with van der Waals surface area (Å²) in [5.74, 6) is 0.211. The van der Waals surface area contributed by atoms with E-state index in [-0.39, 0.29) is 11.9 Å². The Morgan fingerprint density at radius 2 is 2.29 bits per heavy atom. The average molecular weight is 253 g/mol. The van der Waals surface area contributed by atoms with Crippen LogP contribution in [-0.4, -0.2) is 35.4 Å². The number of amides is 1. The molecule has 1 aliphatic rings. The number of hydrogen-bond donors (Lipinski definition) is 1. The van der Waals surface area contributed by atoms with Crippen LogP contribution in [0.2, 0.25) is 0 Å². The molecule has 5 heteroatoms. The lowest BCUT2D eigenvalue weighted by Crippen LogP contribution is -2.37. The molecule has 0 bridgehead atoms. The molecule has 1 amide bonds. The molecule has 0 radical (unpaired) electrons. The smallest absolute Gasteiger partial charge is 0.236 e. The molecule has 2 rings (SSSR count). The van der Waals surface area contributed by atoms with Gasteiger partial charge in [0.05, 0.1) is 12.6 Å². The zero-order chi connectivity index (χ0) is 12.3. The summed E-state index contributed by atoms with van der Waals surface area (Å²) < 4.78 is 0. The van der Waals surface area contributed by atoms with E-state index in [1.807, 2.05) is 17.2 Å². The number of nitrogens with zero attached hydrogens (tertiary/aromatic N) is 2. The van der Waals surface area contributed by atoms with Gasteiger partial charge in [-0.05, 0) is 26.7 Å². The number of aryl methyl sites for hydroxylation is 1. The van der Waals surface area contributed by atoms with E-state index >= 15 is 0 Å². The fourth-order valence-corrected chi connectivity index (χ4v) is 2.81. The lowest BCUT2D eigenvalue weighted by Gasteiger charge is -2.17. The largest absolute Gasteiger partial charge is 0.342 e. The van der Waals surface area contributed by atoms with Gasteiger partial charge in [-0.1, -0.05) is 0 Å². The average Bonchev–Trinajstić information content (AvgIpc) is 2.95. The highest BCUT2D eigenvalue weighted by atomic mass is 32.1. The van der Waals surface area contributed by atoms with Gasteiger partial charge in [-0.15, -0.1) is 11.3 Å². The standard InChI is InChI=1S/C12H19N3OS/c1-9-8-17-12(14-9)10(2)13-7-11(16)15-5-3-4-6-15/h8,10,13H,3-7H2,1-2H3. The van der Waals surface area contributed by atoms with Crippen molar-refractivity contribution in [3.63, 3.8) is 0 Å². The first-order chi connectivity index (χ1) is 8.16. The first kappa shape index (κ1) is 12.5. The summed E-state index contributed by atoms with van der Waals surface area (Å²) in [5.41, 5.74) is 1.05. The molecule has 0 spiro atoms. The fourth-order valence-electron chi connectivity index (χ4n) is 1.98. The summed E-state index contributed by atoms with van der Waals surface area (Å²) in [5, 5.41) is 6.34. The second kappa shape index (κ2) is 5.60. The van der Waals surface area contributed by atoms with Gasteiger partial charge in [0.25, 0.3) is 0 Å². The molecule has 1 fully saturated rings. The van der Waals surface area contributed by atoms with Crippen LogP contribution in [0.5, 0.6) is 0 Å². The fraction of sp³-hybridized carbons (Fsp3) is 0.667. The van der Waals surface area contributed by atoms with Crippen LogP contribution in [0.3, 0.4) is 0 Å². The Morgan fingerprint density at radius 1 is 1.59 bits per heavy atom. The Morgan fingerprint density at radius 3 is 2.88 bits per heavy atom. The molecule has 94 valence electrons. The zero-order valence-electron chi connectivity index (χ0n) is 10.4. The molecule has 4 nitrogen and oxygen atoms in total. The number of carbonyl (C=O) groups is 1. The van der Waals surface area contributed by atoms with Crippen LogP contribution < -0.4 is 5.32 Å². The number of aromatic nitrogens is 1. The molecule has 0 aromatic carbocycles. The maximum absolute atomic E-state index is 11.8. The van der Waals surface area contributed by atoms with E-state index in [0.717, 1.165) is 36.6 Å². The Kier molecular flexibility index (Phi) is 4.12. The summed E-state index contributed by atoms with van der Waals surface area (Å²) in [6.45, 7) is 6.30. The Balaban J connectivity index is 1.79. The number of likely N-dealkylation sites (tertiary alicyclic amines) is 1. The quantitative estimate of drug-likeness (QED) is 0.888.